The lowest BCUT2D eigenvalue weighted by Gasteiger charge is -2.41. The van der Waals surface area contributed by atoms with Crippen LogP contribution in [0.4, 0.5) is 8.78 Å². The molecule has 1 atom stereocenters. The monoisotopic (exact) mass is 397 g/mol. The van der Waals surface area contributed by atoms with Gasteiger partial charge in [0.15, 0.2) is 0 Å². The lowest BCUT2D eigenvalue weighted by molar-refractivity contribution is -0.136. The summed E-state index contributed by atoms with van der Waals surface area (Å²) < 4.78 is 26.5. The smallest absolute Gasteiger partial charge is 0.254 e. The number of carbonyl (C=O) groups is 2. The fourth-order valence-corrected chi connectivity index (χ4v) is 3.45. The highest BCUT2D eigenvalue weighted by Crippen LogP contribution is 2.15. The van der Waals surface area contributed by atoms with Gasteiger partial charge in [-0.25, -0.2) is 8.78 Å². The zero-order valence-corrected chi connectivity index (χ0v) is 16.7. The second kappa shape index (κ2) is 9.43. The van der Waals surface area contributed by atoms with E-state index in [1.54, 1.807) is 13.8 Å². The summed E-state index contributed by atoms with van der Waals surface area (Å²) in [6.45, 7) is 8.32. The Labute approximate surface area is 164 Å². The van der Waals surface area contributed by atoms with Gasteiger partial charge in [0.1, 0.15) is 11.6 Å². The standard InChI is InChI=1S/C20H29F2N3O3/c1-14-12-24(13-20(2,3)28)9-10-25(14)18(26)5-4-8-23-19(27)16-7-6-15(21)11-17(16)22/h6-7,11,14,28H,4-5,8-10,12-13H2,1-3H3,(H,23,27)/t14-/m0/s1. The number of aliphatic hydroxyl groups is 1. The molecule has 1 aliphatic heterocycles. The van der Waals surface area contributed by atoms with Crippen molar-refractivity contribution in [3.05, 3.63) is 35.4 Å². The average molecular weight is 397 g/mol. The van der Waals surface area contributed by atoms with Gasteiger partial charge in [-0.3, -0.25) is 14.5 Å². The lowest BCUT2D eigenvalue weighted by atomic mass is 10.1. The summed E-state index contributed by atoms with van der Waals surface area (Å²) in [5.41, 5.74) is -0.988. The van der Waals surface area contributed by atoms with E-state index in [-0.39, 0.29) is 30.5 Å². The molecule has 0 spiro atoms. The van der Waals surface area contributed by atoms with E-state index in [0.29, 0.717) is 38.7 Å². The van der Waals surface area contributed by atoms with Gasteiger partial charge in [0.25, 0.3) is 5.91 Å². The Hall–Kier alpha value is -2.06. The molecule has 2 N–H and O–H groups in total. The van der Waals surface area contributed by atoms with Crippen molar-refractivity contribution in [3.63, 3.8) is 0 Å². The maximum Gasteiger partial charge on any atom is 0.254 e. The van der Waals surface area contributed by atoms with Crippen molar-refractivity contribution in [2.45, 2.75) is 45.3 Å². The molecule has 1 aromatic carbocycles. The summed E-state index contributed by atoms with van der Waals surface area (Å²) in [4.78, 5) is 28.3. The van der Waals surface area contributed by atoms with E-state index in [0.717, 1.165) is 12.1 Å². The van der Waals surface area contributed by atoms with Crippen LogP contribution in [0.3, 0.4) is 0 Å². The number of hydrogen-bond acceptors (Lipinski definition) is 4. The second-order valence-electron chi connectivity index (χ2n) is 7.97. The topological polar surface area (TPSA) is 72.9 Å². The third-order valence-electron chi connectivity index (χ3n) is 4.67. The molecule has 1 fully saturated rings. The highest BCUT2D eigenvalue weighted by Gasteiger charge is 2.29. The molecule has 0 aromatic heterocycles. The van der Waals surface area contributed by atoms with E-state index >= 15 is 0 Å². The maximum atomic E-state index is 13.6. The van der Waals surface area contributed by atoms with E-state index < -0.39 is 23.1 Å². The molecule has 1 heterocycles. The molecule has 8 heteroatoms. The van der Waals surface area contributed by atoms with Crippen LogP contribution in [0, 0.1) is 11.6 Å². The zero-order chi connectivity index (χ0) is 20.9. The summed E-state index contributed by atoms with van der Waals surface area (Å²) in [6.07, 6.45) is 0.714. The van der Waals surface area contributed by atoms with Crippen molar-refractivity contribution in [1.29, 1.82) is 0 Å². The fraction of sp³-hybridized carbons (Fsp3) is 0.600. The molecule has 0 bridgehead atoms. The molecule has 0 saturated carbocycles. The van der Waals surface area contributed by atoms with Crippen LogP contribution in [0.1, 0.15) is 44.0 Å². The number of β-amino-alcohol motifs (C(OH)–C–C–N with tert-alkyl or cyclic N) is 1. The summed E-state index contributed by atoms with van der Waals surface area (Å²) >= 11 is 0. The molecule has 0 radical (unpaired) electrons. The first kappa shape index (κ1) is 22.2. The molecule has 156 valence electrons. The van der Waals surface area contributed by atoms with Gasteiger partial charge in [-0.15, -0.1) is 0 Å². The van der Waals surface area contributed by atoms with Gasteiger partial charge in [0.2, 0.25) is 5.91 Å². The van der Waals surface area contributed by atoms with Crippen LogP contribution in [-0.2, 0) is 4.79 Å². The second-order valence-corrected chi connectivity index (χ2v) is 7.97. The SMILES string of the molecule is C[C@H]1CN(CC(C)(C)O)CCN1C(=O)CCCNC(=O)c1ccc(F)cc1F. The van der Waals surface area contributed by atoms with Gasteiger partial charge in [-0.1, -0.05) is 0 Å². The van der Waals surface area contributed by atoms with Gasteiger partial charge in [0, 0.05) is 51.3 Å². The van der Waals surface area contributed by atoms with Crippen LogP contribution in [0.2, 0.25) is 0 Å². The van der Waals surface area contributed by atoms with Gasteiger partial charge in [-0.05, 0) is 39.3 Å². The van der Waals surface area contributed by atoms with Crippen molar-refractivity contribution in [1.82, 2.24) is 15.1 Å². The number of halogens is 2. The van der Waals surface area contributed by atoms with Crippen molar-refractivity contribution < 1.29 is 23.5 Å². The molecule has 2 amide bonds. The van der Waals surface area contributed by atoms with Crippen LogP contribution in [-0.4, -0.2) is 71.1 Å². The zero-order valence-electron chi connectivity index (χ0n) is 16.7. The first-order valence-corrected chi connectivity index (χ1v) is 9.54. The summed E-state index contributed by atoms with van der Waals surface area (Å²) in [7, 11) is 0. The molecular weight excluding hydrogens is 368 g/mol. The molecule has 2 rings (SSSR count). The Bertz CT molecular complexity index is 706. The average Bonchev–Trinajstić information content (AvgIpc) is 2.57. The highest BCUT2D eigenvalue weighted by molar-refractivity contribution is 5.94. The van der Waals surface area contributed by atoms with E-state index in [1.165, 1.54) is 0 Å². The molecule has 6 nitrogen and oxygen atoms in total. The minimum atomic E-state index is -0.911. The molecule has 1 aromatic rings. The Kier molecular flexibility index (Phi) is 7.48. The number of hydrogen-bond donors (Lipinski definition) is 2. The van der Waals surface area contributed by atoms with Crippen LogP contribution in [0.15, 0.2) is 18.2 Å². The third kappa shape index (κ3) is 6.53. The number of rotatable bonds is 7. The Morgan fingerprint density at radius 1 is 1.29 bits per heavy atom. The first-order chi connectivity index (χ1) is 13.1. The van der Waals surface area contributed by atoms with Crippen molar-refractivity contribution >= 4 is 11.8 Å². The molecule has 28 heavy (non-hydrogen) atoms. The van der Waals surface area contributed by atoms with Crippen molar-refractivity contribution in [2.24, 2.45) is 0 Å². The summed E-state index contributed by atoms with van der Waals surface area (Å²) in [6, 6.07) is 2.84. The number of nitrogens with one attached hydrogen (secondary N) is 1. The van der Waals surface area contributed by atoms with Gasteiger partial charge in [-0.2, -0.15) is 0 Å². The number of nitrogens with zero attached hydrogens (tertiary/aromatic N) is 2. The minimum Gasteiger partial charge on any atom is -0.389 e. The normalized spacial score (nSPS) is 18.2. The Morgan fingerprint density at radius 3 is 2.61 bits per heavy atom. The Morgan fingerprint density at radius 2 is 2.00 bits per heavy atom. The van der Waals surface area contributed by atoms with Crippen molar-refractivity contribution in [2.75, 3.05) is 32.7 Å². The summed E-state index contributed by atoms with van der Waals surface area (Å²) in [5.74, 6) is -2.26. The number of benzene rings is 1. The first-order valence-electron chi connectivity index (χ1n) is 9.54. The summed E-state index contributed by atoms with van der Waals surface area (Å²) in [5, 5.41) is 12.5. The van der Waals surface area contributed by atoms with Crippen LogP contribution in [0.5, 0.6) is 0 Å². The maximum absolute atomic E-state index is 13.6. The molecule has 1 aliphatic rings. The Balaban J connectivity index is 1.73. The fourth-order valence-electron chi connectivity index (χ4n) is 3.45. The molecular formula is C20H29F2N3O3. The lowest BCUT2D eigenvalue weighted by Crippen LogP contribution is -2.56. The largest absolute Gasteiger partial charge is 0.389 e. The van der Waals surface area contributed by atoms with E-state index in [2.05, 4.69) is 10.2 Å². The molecule has 1 saturated heterocycles. The van der Waals surface area contributed by atoms with Crippen molar-refractivity contribution in [3.8, 4) is 0 Å². The predicted molar refractivity (Wildman–Crippen MR) is 102 cm³/mol. The van der Waals surface area contributed by atoms with Crippen LogP contribution >= 0.6 is 0 Å². The number of piperazine rings is 1. The van der Waals surface area contributed by atoms with Gasteiger partial charge < -0.3 is 15.3 Å². The molecule has 0 unspecified atom stereocenters. The third-order valence-corrected chi connectivity index (χ3v) is 4.67. The van der Waals surface area contributed by atoms with E-state index in [9.17, 15) is 23.5 Å². The number of amides is 2. The minimum absolute atomic E-state index is 0.0117. The highest BCUT2D eigenvalue weighted by atomic mass is 19.1. The van der Waals surface area contributed by atoms with E-state index in [1.807, 2.05) is 11.8 Å². The predicted octanol–water partition coefficient (Wildman–Crippen LogP) is 1.78. The van der Waals surface area contributed by atoms with E-state index in [4.69, 9.17) is 0 Å². The quantitative estimate of drug-likeness (QED) is 0.688. The number of carbonyl (C=O) groups excluding carboxylic acids is 2. The molecule has 0 aliphatic carbocycles. The van der Waals surface area contributed by atoms with Crippen LogP contribution in [0.25, 0.3) is 0 Å². The van der Waals surface area contributed by atoms with Crippen LogP contribution < -0.4 is 5.32 Å². The van der Waals surface area contributed by atoms with Gasteiger partial charge >= 0.3 is 0 Å². The van der Waals surface area contributed by atoms with Gasteiger partial charge in [0.05, 0.1) is 11.2 Å².